The van der Waals surface area contributed by atoms with Crippen molar-refractivity contribution >= 4 is 5.78 Å². The quantitative estimate of drug-likeness (QED) is 0.768. The number of rotatable bonds is 3. The third-order valence-corrected chi connectivity index (χ3v) is 3.61. The average Bonchev–Trinajstić information content (AvgIpc) is 2.37. The first-order chi connectivity index (χ1) is 8.52. The summed E-state index contributed by atoms with van der Waals surface area (Å²) >= 11 is 0. The van der Waals surface area contributed by atoms with Gasteiger partial charge < -0.3 is 4.74 Å². The third kappa shape index (κ3) is 2.62. The van der Waals surface area contributed by atoms with Crippen molar-refractivity contribution in [2.45, 2.75) is 32.4 Å². The van der Waals surface area contributed by atoms with Crippen molar-refractivity contribution in [1.29, 1.82) is 0 Å². The van der Waals surface area contributed by atoms with E-state index in [1.165, 1.54) is 0 Å². The first kappa shape index (κ1) is 13.2. The maximum Gasteiger partial charge on any atom is 0.179 e. The van der Waals surface area contributed by atoms with Crippen LogP contribution in [0.15, 0.2) is 30.3 Å². The fourth-order valence-electron chi connectivity index (χ4n) is 2.57. The van der Waals surface area contributed by atoms with E-state index < -0.39 is 0 Å². The van der Waals surface area contributed by atoms with E-state index in [4.69, 9.17) is 4.74 Å². The average molecular weight is 247 g/mol. The molecule has 0 saturated carbocycles. The predicted octanol–water partition coefficient (Wildman–Crippen LogP) is 2.37. The molecule has 0 N–H and O–H groups in total. The Morgan fingerprint density at radius 1 is 1.33 bits per heavy atom. The first-order valence-corrected chi connectivity index (χ1v) is 6.46. The smallest absolute Gasteiger partial charge is 0.179 e. The molecule has 98 valence electrons. The van der Waals surface area contributed by atoms with Crippen LogP contribution >= 0.6 is 0 Å². The van der Waals surface area contributed by atoms with Gasteiger partial charge in [0.05, 0.1) is 19.3 Å². The molecule has 1 atom stereocenters. The van der Waals surface area contributed by atoms with E-state index in [1.807, 2.05) is 37.3 Å². The summed E-state index contributed by atoms with van der Waals surface area (Å²) in [4.78, 5) is 14.7. The van der Waals surface area contributed by atoms with E-state index in [0.717, 1.165) is 12.1 Å². The second-order valence-electron chi connectivity index (χ2n) is 5.46. The van der Waals surface area contributed by atoms with Crippen molar-refractivity contribution in [3.63, 3.8) is 0 Å². The topological polar surface area (TPSA) is 29.5 Å². The van der Waals surface area contributed by atoms with Crippen LogP contribution in [0.3, 0.4) is 0 Å². The number of ketones is 1. The van der Waals surface area contributed by atoms with Gasteiger partial charge in [0.2, 0.25) is 0 Å². The van der Waals surface area contributed by atoms with Crippen LogP contribution in [-0.2, 0) is 4.74 Å². The van der Waals surface area contributed by atoms with Crippen LogP contribution in [0.4, 0.5) is 0 Å². The summed E-state index contributed by atoms with van der Waals surface area (Å²) in [6.07, 6.45) is 0. The number of hydrogen-bond acceptors (Lipinski definition) is 3. The highest BCUT2D eigenvalue weighted by atomic mass is 16.5. The number of ether oxygens (including phenoxy) is 1. The molecule has 1 aliphatic heterocycles. The van der Waals surface area contributed by atoms with Gasteiger partial charge in [-0.05, 0) is 20.8 Å². The van der Waals surface area contributed by atoms with Crippen LogP contribution in [0.25, 0.3) is 0 Å². The molecule has 1 aromatic carbocycles. The zero-order valence-corrected chi connectivity index (χ0v) is 11.3. The lowest BCUT2D eigenvalue weighted by Crippen LogP contribution is -2.58. The largest absolute Gasteiger partial charge is 0.378 e. The maximum atomic E-state index is 12.4. The summed E-state index contributed by atoms with van der Waals surface area (Å²) in [5.41, 5.74) is 0.703. The fraction of sp³-hybridized carbons (Fsp3) is 0.533. The van der Waals surface area contributed by atoms with Gasteiger partial charge >= 0.3 is 0 Å². The van der Waals surface area contributed by atoms with E-state index in [-0.39, 0.29) is 17.4 Å². The van der Waals surface area contributed by atoms with Gasteiger partial charge in [-0.3, -0.25) is 9.69 Å². The number of carbonyl (C=O) groups excluding carboxylic acids is 1. The van der Waals surface area contributed by atoms with Crippen molar-refractivity contribution in [2.24, 2.45) is 0 Å². The summed E-state index contributed by atoms with van der Waals surface area (Å²) < 4.78 is 5.50. The van der Waals surface area contributed by atoms with Gasteiger partial charge in [-0.1, -0.05) is 30.3 Å². The number of carbonyl (C=O) groups is 1. The van der Waals surface area contributed by atoms with E-state index in [9.17, 15) is 4.79 Å². The molecule has 3 nitrogen and oxygen atoms in total. The van der Waals surface area contributed by atoms with Gasteiger partial charge in [-0.2, -0.15) is 0 Å². The third-order valence-electron chi connectivity index (χ3n) is 3.61. The summed E-state index contributed by atoms with van der Waals surface area (Å²) in [7, 11) is 0. The Labute approximate surface area is 109 Å². The second-order valence-corrected chi connectivity index (χ2v) is 5.46. The molecule has 1 saturated heterocycles. The Hall–Kier alpha value is -1.19. The molecule has 2 rings (SSSR count). The highest BCUT2D eigenvalue weighted by Gasteiger charge is 2.36. The van der Waals surface area contributed by atoms with Gasteiger partial charge in [-0.25, -0.2) is 0 Å². The Morgan fingerprint density at radius 3 is 2.61 bits per heavy atom. The summed E-state index contributed by atoms with van der Waals surface area (Å²) in [5, 5.41) is 0. The molecular formula is C15H21NO2. The van der Waals surface area contributed by atoms with Crippen LogP contribution in [0.2, 0.25) is 0 Å². The highest BCUT2D eigenvalue weighted by molar-refractivity contribution is 5.99. The standard InChI is InChI=1S/C15H21NO2/c1-12(14(17)13-7-5-4-6-8-13)16-9-10-18-11-15(16,2)3/h4-8,12H,9-11H2,1-3H3. The van der Waals surface area contributed by atoms with Crippen molar-refractivity contribution in [1.82, 2.24) is 4.90 Å². The van der Waals surface area contributed by atoms with E-state index >= 15 is 0 Å². The Kier molecular flexibility index (Phi) is 3.83. The van der Waals surface area contributed by atoms with Gasteiger partial charge in [0, 0.05) is 17.6 Å². The number of nitrogens with zero attached hydrogens (tertiary/aromatic N) is 1. The zero-order valence-electron chi connectivity index (χ0n) is 11.3. The molecule has 1 aromatic rings. The zero-order chi connectivity index (χ0) is 13.2. The second kappa shape index (κ2) is 5.21. The van der Waals surface area contributed by atoms with E-state index in [1.54, 1.807) is 0 Å². The molecule has 0 radical (unpaired) electrons. The van der Waals surface area contributed by atoms with Crippen LogP contribution in [0.1, 0.15) is 31.1 Å². The molecule has 18 heavy (non-hydrogen) atoms. The molecule has 0 spiro atoms. The van der Waals surface area contributed by atoms with Crippen molar-refractivity contribution in [3.05, 3.63) is 35.9 Å². The lowest BCUT2D eigenvalue weighted by molar-refractivity contribution is -0.0626. The predicted molar refractivity (Wildman–Crippen MR) is 71.8 cm³/mol. The highest BCUT2D eigenvalue weighted by Crippen LogP contribution is 2.23. The maximum absolute atomic E-state index is 12.4. The van der Waals surface area contributed by atoms with Crippen molar-refractivity contribution < 1.29 is 9.53 Å². The summed E-state index contributed by atoms with van der Waals surface area (Å²) in [5.74, 6) is 0.186. The van der Waals surface area contributed by atoms with E-state index in [0.29, 0.717) is 13.2 Å². The Bertz CT molecular complexity index is 414. The molecule has 1 unspecified atom stereocenters. The molecule has 1 heterocycles. The Morgan fingerprint density at radius 2 is 2.00 bits per heavy atom. The van der Waals surface area contributed by atoms with Crippen molar-refractivity contribution in [2.75, 3.05) is 19.8 Å². The van der Waals surface area contributed by atoms with Gasteiger partial charge in [0.15, 0.2) is 5.78 Å². The SMILES string of the molecule is CC(C(=O)c1ccccc1)N1CCOCC1(C)C. The van der Waals surface area contributed by atoms with Gasteiger partial charge in [0.25, 0.3) is 0 Å². The molecule has 0 aliphatic carbocycles. The van der Waals surface area contributed by atoms with Crippen LogP contribution in [0, 0.1) is 0 Å². The first-order valence-electron chi connectivity index (χ1n) is 6.46. The minimum absolute atomic E-state index is 0.0812. The molecular weight excluding hydrogens is 226 g/mol. The summed E-state index contributed by atoms with van der Waals surface area (Å²) in [6.45, 7) is 8.44. The number of Topliss-reactive ketones (excluding diaryl/α,β-unsaturated/α-hetero) is 1. The van der Waals surface area contributed by atoms with Crippen LogP contribution in [0.5, 0.6) is 0 Å². The van der Waals surface area contributed by atoms with Crippen LogP contribution in [-0.4, -0.2) is 42.0 Å². The minimum Gasteiger partial charge on any atom is -0.378 e. The number of morpholine rings is 1. The normalized spacial score (nSPS) is 21.5. The van der Waals surface area contributed by atoms with Crippen molar-refractivity contribution in [3.8, 4) is 0 Å². The van der Waals surface area contributed by atoms with Gasteiger partial charge in [0.1, 0.15) is 0 Å². The monoisotopic (exact) mass is 247 g/mol. The minimum atomic E-state index is -0.105. The molecule has 0 aromatic heterocycles. The lowest BCUT2D eigenvalue weighted by Gasteiger charge is -2.45. The van der Waals surface area contributed by atoms with E-state index in [2.05, 4.69) is 18.7 Å². The van der Waals surface area contributed by atoms with Crippen LogP contribution < -0.4 is 0 Å². The number of benzene rings is 1. The lowest BCUT2D eigenvalue weighted by atomic mass is 9.96. The molecule has 0 bridgehead atoms. The molecule has 1 aliphatic rings. The fourth-order valence-corrected chi connectivity index (χ4v) is 2.57. The number of hydrogen-bond donors (Lipinski definition) is 0. The molecule has 3 heteroatoms. The molecule has 1 fully saturated rings. The summed E-state index contributed by atoms with van der Waals surface area (Å²) in [6, 6.07) is 9.40. The molecule has 0 amide bonds. The Balaban J connectivity index is 2.16. The van der Waals surface area contributed by atoms with Gasteiger partial charge in [-0.15, -0.1) is 0 Å².